The second-order valence-electron chi connectivity index (χ2n) is 11.0. The van der Waals surface area contributed by atoms with Gasteiger partial charge in [-0.25, -0.2) is 18.7 Å². The lowest BCUT2D eigenvalue weighted by Crippen LogP contribution is -2.56. The molecule has 1 saturated heterocycles. The zero-order valence-electron chi connectivity index (χ0n) is 23.9. The number of phenolic OH excluding ortho intramolecular Hbond substituents is 1. The molecular formula is C31H31FN6O4. The molecule has 0 unspecified atom stereocenters. The number of carbonyl (C=O) groups is 1. The summed E-state index contributed by atoms with van der Waals surface area (Å²) in [6, 6.07) is 5.55. The maximum Gasteiger partial charge on any atom is 0.355 e. The number of ether oxygens (including phenoxy) is 1. The number of hydrogen-bond acceptors (Lipinski definition) is 8. The first-order valence-corrected chi connectivity index (χ1v) is 13.8. The number of aromatic hydroxyl groups is 1. The van der Waals surface area contributed by atoms with Crippen LogP contribution in [0.1, 0.15) is 36.6 Å². The fourth-order valence-corrected chi connectivity index (χ4v) is 5.94. The van der Waals surface area contributed by atoms with E-state index in [4.69, 9.17) is 9.72 Å². The Hall–Kier alpha value is -4.80. The van der Waals surface area contributed by atoms with E-state index in [0.717, 1.165) is 5.56 Å². The van der Waals surface area contributed by atoms with E-state index in [1.165, 1.54) is 28.8 Å². The SMILES string of the molecule is C=CC(=O)N1CCN2c3nc(=O)n(-c4c(C)ccnc4C(C)C)c4nc(-c5c(O)cccc5F)c(C)c(c34)OC[C@H]2C1. The fourth-order valence-electron chi connectivity index (χ4n) is 5.94. The molecule has 1 amide bonds. The number of aryl methyl sites for hydroxylation is 1. The molecule has 4 aromatic rings. The van der Waals surface area contributed by atoms with Gasteiger partial charge >= 0.3 is 5.69 Å². The third-order valence-corrected chi connectivity index (χ3v) is 8.01. The number of phenols is 1. The highest BCUT2D eigenvalue weighted by atomic mass is 19.1. The topological polar surface area (TPSA) is 114 Å². The first kappa shape index (κ1) is 27.4. The lowest BCUT2D eigenvalue weighted by Gasteiger charge is -2.40. The van der Waals surface area contributed by atoms with Gasteiger partial charge in [-0.15, -0.1) is 0 Å². The Morgan fingerprint density at radius 2 is 2.00 bits per heavy atom. The molecule has 5 heterocycles. The first-order chi connectivity index (χ1) is 20.1. The number of carbonyl (C=O) groups excluding carboxylic acids is 1. The normalized spacial score (nSPS) is 16.3. The number of halogens is 1. The summed E-state index contributed by atoms with van der Waals surface area (Å²) in [4.78, 5) is 44.3. The third-order valence-electron chi connectivity index (χ3n) is 8.01. The van der Waals surface area contributed by atoms with E-state index in [1.54, 1.807) is 18.0 Å². The number of anilines is 1. The van der Waals surface area contributed by atoms with Crippen LogP contribution >= 0.6 is 0 Å². The molecule has 216 valence electrons. The van der Waals surface area contributed by atoms with Gasteiger partial charge in [-0.3, -0.25) is 9.78 Å². The number of nitrogens with zero attached hydrogens (tertiary/aromatic N) is 6. The summed E-state index contributed by atoms with van der Waals surface area (Å²) < 4.78 is 23.1. The molecule has 0 saturated carbocycles. The average molecular weight is 571 g/mol. The summed E-state index contributed by atoms with van der Waals surface area (Å²) in [5, 5.41) is 11.2. The summed E-state index contributed by atoms with van der Waals surface area (Å²) >= 11 is 0. The molecule has 0 spiro atoms. The molecule has 6 rings (SSSR count). The molecular weight excluding hydrogens is 539 g/mol. The Labute approximate surface area is 241 Å². The van der Waals surface area contributed by atoms with Crippen molar-refractivity contribution < 1.29 is 19.0 Å². The minimum atomic E-state index is -0.662. The highest BCUT2D eigenvalue weighted by molar-refractivity contribution is 5.98. The summed E-state index contributed by atoms with van der Waals surface area (Å²) in [5.41, 5.74) is 2.19. The molecule has 42 heavy (non-hydrogen) atoms. The van der Waals surface area contributed by atoms with Crippen LogP contribution < -0.4 is 15.3 Å². The van der Waals surface area contributed by atoms with Gasteiger partial charge in [0.05, 0.1) is 28.7 Å². The van der Waals surface area contributed by atoms with Crippen LogP contribution in [0, 0.1) is 19.7 Å². The fraction of sp³-hybridized carbons (Fsp3) is 0.323. The van der Waals surface area contributed by atoms with Crippen molar-refractivity contribution in [3.05, 3.63) is 76.2 Å². The van der Waals surface area contributed by atoms with Gasteiger partial charge < -0.3 is 19.6 Å². The summed E-state index contributed by atoms with van der Waals surface area (Å²) in [7, 11) is 0. The number of hydrogen-bond donors (Lipinski definition) is 1. The average Bonchev–Trinajstić information content (AvgIpc) is 3.12. The number of benzene rings is 1. The van der Waals surface area contributed by atoms with Crippen molar-refractivity contribution >= 4 is 22.8 Å². The molecule has 1 N–H and O–H groups in total. The molecule has 2 aliphatic rings. The van der Waals surface area contributed by atoms with Crippen molar-refractivity contribution in [1.82, 2.24) is 24.4 Å². The Morgan fingerprint density at radius 1 is 1.21 bits per heavy atom. The van der Waals surface area contributed by atoms with E-state index in [9.17, 15) is 14.7 Å². The number of fused-ring (bicyclic) bond motifs is 2. The predicted octanol–water partition coefficient (Wildman–Crippen LogP) is 4.02. The molecule has 0 radical (unpaired) electrons. The monoisotopic (exact) mass is 570 g/mol. The number of rotatable bonds is 4. The largest absolute Gasteiger partial charge is 0.507 e. The number of piperazine rings is 1. The zero-order chi connectivity index (χ0) is 29.9. The first-order valence-electron chi connectivity index (χ1n) is 13.8. The van der Waals surface area contributed by atoms with Gasteiger partial charge in [-0.2, -0.15) is 4.98 Å². The van der Waals surface area contributed by atoms with Crippen molar-refractivity contribution in [2.75, 3.05) is 31.1 Å². The molecule has 1 aromatic carbocycles. The minimum Gasteiger partial charge on any atom is -0.507 e. The molecule has 1 fully saturated rings. The van der Waals surface area contributed by atoms with Gasteiger partial charge in [-0.1, -0.05) is 26.5 Å². The van der Waals surface area contributed by atoms with E-state index < -0.39 is 11.5 Å². The van der Waals surface area contributed by atoms with Crippen LogP contribution in [-0.4, -0.2) is 67.7 Å². The van der Waals surface area contributed by atoms with Crippen LogP contribution in [0.25, 0.3) is 28.0 Å². The van der Waals surface area contributed by atoms with E-state index in [-0.39, 0.29) is 47.1 Å². The molecule has 0 aliphatic carbocycles. The lowest BCUT2D eigenvalue weighted by atomic mass is 10.0. The van der Waals surface area contributed by atoms with Crippen LogP contribution in [-0.2, 0) is 4.79 Å². The molecule has 0 bridgehead atoms. The number of pyridine rings is 2. The summed E-state index contributed by atoms with van der Waals surface area (Å²) in [5.74, 6) is -0.392. The van der Waals surface area contributed by atoms with Crippen LogP contribution in [0.2, 0.25) is 0 Å². The summed E-state index contributed by atoms with van der Waals surface area (Å²) in [6.07, 6.45) is 2.98. The van der Waals surface area contributed by atoms with Crippen LogP contribution in [0.3, 0.4) is 0 Å². The molecule has 1 atom stereocenters. The maximum atomic E-state index is 15.3. The standard InChI is InChI=1S/C31H31FN6O4/c1-6-22(40)36-12-13-37-19(14-36)15-42-28-18(5)26(23-20(32)8-7-9-21(23)39)34-30-24(28)29(37)35-31(41)38(30)27-17(4)10-11-33-25(27)16(2)3/h6-11,16,19,39H,1,12-15H2,2-5H3/t19-/m1/s1. The van der Waals surface area contributed by atoms with Gasteiger partial charge in [0, 0.05) is 31.4 Å². The van der Waals surface area contributed by atoms with E-state index in [0.29, 0.717) is 53.5 Å². The van der Waals surface area contributed by atoms with Gasteiger partial charge in [-0.05, 0) is 49.6 Å². The molecule has 2 aliphatic heterocycles. The highest BCUT2D eigenvalue weighted by Crippen LogP contribution is 2.44. The van der Waals surface area contributed by atoms with Crippen molar-refractivity contribution in [3.8, 4) is 28.4 Å². The Morgan fingerprint density at radius 3 is 2.71 bits per heavy atom. The second kappa shape index (κ2) is 10.2. The highest BCUT2D eigenvalue weighted by Gasteiger charge is 2.37. The van der Waals surface area contributed by atoms with E-state index in [2.05, 4.69) is 16.5 Å². The van der Waals surface area contributed by atoms with Crippen molar-refractivity contribution in [2.45, 2.75) is 39.7 Å². The quantitative estimate of drug-likeness (QED) is 0.366. The van der Waals surface area contributed by atoms with Gasteiger partial charge in [0.25, 0.3) is 0 Å². The number of amides is 1. The lowest BCUT2D eigenvalue weighted by molar-refractivity contribution is -0.126. The summed E-state index contributed by atoms with van der Waals surface area (Å²) in [6.45, 7) is 12.6. The van der Waals surface area contributed by atoms with Crippen LogP contribution in [0.4, 0.5) is 10.2 Å². The van der Waals surface area contributed by atoms with Gasteiger partial charge in [0.2, 0.25) is 5.91 Å². The van der Waals surface area contributed by atoms with Crippen molar-refractivity contribution in [2.24, 2.45) is 0 Å². The van der Waals surface area contributed by atoms with E-state index >= 15 is 4.39 Å². The predicted molar refractivity (Wildman–Crippen MR) is 157 cm³/mol. The van der Waals surface area contributed by atoms with Crippen molar-refractivity contribution in [3.63, 3.8) is 0 Å². The maximum absolute atomic E-state index is 15.3. The van der Waals surface area contributed by atoms with Crippen LogP contribution in [0.5, 0.6) is 11.5 Å². The van der Waals surface area contributed by atoms with Crippen LogP contribution in [0.15, 0.2) is 47.9 Å². The van der Waals surface area contributed by atoms with Gasteiger partial charge in [0.1, 0.15) is 35.1 Å². The van der Waals surface area contributed by atoms with Gasteiger partial charge in [0.15, 0.2) is 5.65 Å². The molecule has 11 heteroatoms. The second-order valence-corrected chi connectivity index (χ2v) is 11.0. The Bertz CT molecular complexity index is 1810. The number of aromatic nitrogens is 4. The zero-order valence-corrected chi connectivity index (χ0v) is 23.9. The van der Waals surface area contributed by atoms with E-state index in [1.807, 2.05) is 31.7 Å². The smallest absolute Gasteiger partial charge is 0.355 e. The molecule has 10 nitrogen and oxygen atoms in total. The Balaban J connectivity index is 1.71. The third kappa shape index (κ3) is 4.18. The Kier molecular flexibility index (Phi) is 6.67. The minimum absolute atomic E-state index is 0.0340. The molecule has 3 aromatic heterocycles. The van der Waals surface area contributed by atoms with Crippen molar-refractivity contribution in [1.29, 1.82) is 0 Å².